The lowest BCUT2D eigenvalue weighted by Gasteiger charge is -2.21. The van der Waals surface area contributed by atoms with Gasteiger partial charge in [-0.1, -0.05) is 36.4 Å². The SMILES string of the molecule is Cn1c2c(c3ccc4ccccc4c3c1=O)CCCC2. The van der Waals surface area contributed by atoms with Gasteiger partial charge < -0.3 is 4.57 Å². The molecule has 0 bridgehead atoms. The lowest BCUT2D eigenvalue weighted by Crippen LogP contribution is -2.24. The Morgan fingerprint density at radius 3 is 2.65 bits per heavy atom. The Bertz CT molecular complexity index is 889. The molecule has 4 rings (SSSR count). The van der Waals surface area contributed by atoms with Crippen LogP contribution in [0.5, 0.6) is 0 Å². The first-order valence-corrected chi connectivity index (χ1v) is 7.29. The molecule has 0 saturated heterocycles. The molecule has 0 N–H and O–H groups in total. The molecule has 0 fully saturated rings. The molecule has 0 unspecified atom stereocenters. The van der Waals surface area contributed by atoms with E-state index in [0.717, 1.165) is 29.0 Å². The van der Waals surface area contributed by atoms with Gasteiger partial charge in [-0.2, -0.15) is 0 Å². The number of nitrogens with zero attached hydrogens (tertiary/aromatic N) is 1. The van der Waals surface area contributed by atoms with Crippen LogP contribution in [0.15, 0.2) is 41.2 Å². The van der Waals surface area contributed by atoms with Gasteiger partial charge >= 0.3 is 0 Å². The van der Waals surface area contributed by atoms with Crippen LogP contribution in [0.1, 0.15) is 24.1 Å². The van der Waals surface area contributed by atoms with Crippen molar-refractivity contribution in [3.63, 3.8) is 0 Å². The second-order valence-corrected chi connectivity index (χ2v) is 5.71. The molecule has 2 aromatic carbocycles. The number of hydrogen-bond acceptors (Lipinski definition) is 1. The van der Waals surface area contributed by atoms with Gasteiger partial charge in [0.1, 0.15) is 0 Å². The Labute approximate surface area is 117 Å². The number of rotatable bonds is 0. The zero-order chi connectivity index (χ0) is 13.7. The maximum absolute atomic E-state index is 12.8. The van der Waals surface area contributed by atoms with E-state index in [2.05, 4.69) is 24.3 Å². The van der Waals surface area contributed by atoms with Crippen molar-refractivity contribution >= 4 is 21.5 Å². The lowest BCUT2D eigenvalue weighted by molar-refractivity contribution is 0.631. The predicted molar refractivity (Wildman–Crippen MR) is 83.3 cm³/mol. The first-order chi connectivity index (χ1) is 9.77. The third kappa shape index (κ3) is 1.48. The Morgan fingerprint density at radius 2 is 1.75 bits per heavy atom. The highest BCUT2D eigenvalue weighted by atomic mass is 16.1. The highest BCUT2D eigenvalue weighted by molar-refractivity contribution is 6.08. The third-order valence-electron chi connectivity index (χ3n) is 4.62. The second-order valence-electron chi connectivity index (χ2n) is 5.71. The van der Waals surface area contributed by atoms with E-state index < -0.39 is 0 Å². The molecule has 3 aromatic rings. The van der Waals surface area contributed by atoms with E-state index in [-0.39, 0.29) is 5.56 Å². The normalized spacial score (nSPS) is 14.7. The molecule has 0 amide bonds. The van der Waals surface area contributed by atoms with Gasteiger partial charge in [-0.3, -0.25) is 4.79 Å². The number of aryl methyl sites for hydroxylation is 1. The van der Waals surface area contributed by atoms with E-state index in [1.807, 2.05) is 23.7 Å². The zero-order valence-corrected chi connectivity index (χ0v) is 11.6. The first kappa shape index (κ1) is 11.7. The molecule has 1 aromatic heterocycles. The van der Waals surface area contributed by atoms with Crippen LogP contribution >= 0.6 is 0 Å². The van der Waals surface area contributed by atoms with Gasteiger partial charge in [-0.05, 0) is 47.4 Å². The largest absolute Gasteiger partial charge is 0.315 e. The number of fused-ring (bicyclic) bond motifs is 5. The molecule has 0 aliphatic heterocycles. The van der Waals surface area contributed by atoms with Crippen LogP contribution in [0.3, 0.4) is 0 Å². The van der Waals surface area contributed by atoms with Gasteiger partial charge in [0.05, 0.1) is 5.39 Å². The minimum atomic E-state index is 0.150. The Kier molecular flexibility index (Phi) is 2.46. The Balaban J connectivity index is 2.28. The summed E-state index contributed by atoms with van der Waals surface area (Å²) in [5, 5.41) is 4.29. The molecule has 100 valence electrons. The van der Waals surface area contributed by atoms with E-state index in [4.69, 9.17) is 0 Å². The summed E-state index contributed by atoms with van der Waals surface area (Å²) in [6, 6.07) is 12.5. The summed E-state index contributed by atoms with van der Waals surface area (Å²) in [5.74, 6) is 0. The topological polar surface area (TPSA) is 22.0 Å². The molecule has 0 saturated carbocycles. The minimum Gasteiger partial charge on any atom is -0.315 e. The van der Waals surface area contributed by atoms with Crippen LogP contribution in [-0.4, -0.2) is 4.57 Å². The summed E-state index contributed by atoms with van der Waals surface area (Å²) in [4.78, 5) is 12.8. The van der Waals surface area contributed by atoms with Crippen molar-refractivity contribution in [1.82, 2.24) is 4.57 Å². The molecule has 0 atom stereocenters. The van der Waals surface area contributed by atoms with E-state index in [1.54, 1.807) is 0 Å². The van der Waals surface area contributed by atoms with Crippen molar-refractivity contribution in [3.05, 3.63) is 58.0 Å². The Hall–Kier alpha value is -2.09. The van der Waals surface area contributed by atoms with Crippen molar-refractivity contribution in [3.8, 4) is 0 Å². The van der Waals surface area contributed by atoms with Crippen LogP contribution in [-0.2, 0) is 19.9 Å². The maximum atomic E-state index is 12.8. The number of aromatic nitrogens is 1. The summed E-state index contributed by atoms with van der Waals surface area (Å²) in [7, 11) is 1.92. The van der Waals surface area contributed by atoms with Crippen molar-refractivity contribution in [1.29, 1.82) is 0 Å². The van der Waals surface area contributed by atoms with Gasteiger partial charge in [-0.25, -0.2) is 0 Å². The zero-order valence-electron chi connectivity index (χ0n) is 11.6. The number of pyridine rings is 1. The number of benzene rings is 2. The minimum absolute atomic E-state index is 0.150. The fourth-order valence-electron chi connectivity index (χ4n) is 3.59. The molecule has 1 heterocycles. The maximum Gasteiger partial charge on any atom is 0.259 e. The van der Waals surface area contributed by atoms with Crippen molar-refractivity contribution in [2.24, 2.45) is 7.05 Å². The summed E-state index contributed by atoms with van der Waals surface area (Å²) < 4.78 is 1.88. The van der Waals surface area contributed by atoms with Crippen LogP contribution in [0.4, 0.5) is 0 Å². The van der Waals surface area contributed by atoms with Crippen molar-refractivity contribution in [2.75, 3.05) is 0 Å². The van der Waals surface area contributed by atoms with Crippen LogP contribution in [0.25, 0.3) is 21.5 Å². The molecular formula is C18H17NO. The fraction of sp³-hybridized carbons (Fsp3) is 0.278. The molecule has 2 nitrogen and oxygen atoms in total. The van der Waals surface area contributed by atoms with E-state index in [1.165, 1.54) is 29.5 Å². The molecule has 1 aliphatic carbocycles. The quantitative estimate of drug-likeness (QED) is 0.568. The van der Waals surface area contributed by atoms with Gasteiger partial charge in [-0.15, -0.1) is 0 Å². The molecule has 0 radical (unpaired) electrons. The van der Waals surface area contributed by atoms with E-state index in [0.29, 0.717) is 0 Å². The van der Waals surface area contributed by atoms with Crippen LogP contribution in [0, 0.1) is 0 Å². The van der Waals surface area contributed by atoms with Gasteiger partial charge in [0.2, 0.25) is 0 Å². The first-order valence-electron chi connectivity index (χ1n) is 7.29. The molecule has 0 spiro atoms. The molecule has 20 heavy (non-hydrogen) atoms. The van der Waals surface area contributed by atoms with Crippen LogP contribution in [0.2, 0.25) is 0 Å². The number of hydrogen-bond donors (Lipinski definition) is 0. The second kappa shape index (κ2) is 4.20. The molecular weight excluding hydrogens is 246 g/mol. The summed E-state index contributed by atoms with van der Waals surface area (Å²) in [6.45, 7) is 0. The van der Waals surface area contributed by atoms with Crippen molar-refractivity contribution < 1.29 is 0 Å². The summed E-state index contributed by atoms with van der Waals surface area (Å²) >= 11 is 0. The van der Waals surface area contributed by atoms with Crippen molar-refractivity contribution in [2.45, 2.75) is 25.7 Å². The average molecular weight is 263 g/mol. The molecule has 1 aliphatic rings. The Morgan fingerprint density at radius 1 is 0.950 bits per heavy atom. The highest BCUT2D eigenvalue weighted by Crippen LogP contribution is 2.30. The average Bonchev–Trinajstić information content (AvgIpc) is 2.51. The third-order valence-corrected chi connectivity index (χ3v) is 4.62. The lowest BCUT2D eigenvalue weighted by atomic mass is 9.90. The standard InChI is InChI=1S/C18H17NO/c1-19-16-9-5-4-8-14(16)15-11-10-12-6-2-3-7-13(12)17(15)18(19)20/h2-3,6-7,10-11H,4-5,8-9H2,1H3. The fourth-order valence-corrected chi connectivity index (χ4v) is 3.59. The molecule has 2 heteroatoms. The monoisotopic (exact) mass is 263 g/mol. The highest BCUT2D eigenvalue weighted by Gasteiger charge is 2.18. The van der Waals surface area contributed by atoms with Gasteiger partial charge in [0.15, 0.2) is 0 Å². The van der Waals surface area contributed by atoms with Gasteiger partial charge in [0, 0.05) is 12.7 Å². The van der Waals surface area contributed by atoms with Crippen LogP contribution < -0.4 is 5.56 Å². The summed E-state index contributed by atoms with van der Waals surface area (Å²) in [6.07, 6.45) is 4.55. The van der Waals surface area contributed by atoms with E-state index >= 15 is 0 Å². The predicted octanol–water partition coefficient (Wildman–Crippen LogP) is 3.57. The summed E-state index contributed by atoms with van der Waals surface area (Å²) in [5.41, 5.74) is 2.78. The van der Waals surface area contributed by atoms with Gasteiger partial charge in [0.25, 0.3) is 5.56 Å². The smallest absolute Gasteiger partial charge is 0.259 e. The van der Waals surface area contributed by atoms with E-state index in [9.17, 15) is 4.79 Å².